The van der Waals surface area contributed by atoms with Crippen molar-refractivity contribution in [1.82, 2.24) is 19.9 Å². The maximum Gasteiger partial charge on any atom is 0.231 e. The summed E-state index contributed by atoms with van der Waals surface area (Å²) in [5, 5.41) is 6.37. The van der Waals surface area contributed by atoms with Gasteiger partial charge in [-0.05, 0) is 12.1 Å². The highest BCUT2D eigenvalue weighted by Gasteiger charge is 2.11. The molecule has 0 atom stereocenters. The van der Waals surface area contributed by atoms with E-state index in [1.807, 2.05) is 18.2 Å². The Morgan fingerprint density at radius 3 is 2.68 bits per heavy atom. The van der Waals surface area contributed by atoms with Crippen LogP contribution in [0.15, 0.2) is 24.5 Å². The first-order valence-corrected chi connectivity index (χ1v) is 7.68. The van der Waals surface area contributed by atoms with Crippen molar-refractivity contribution in [3.05, 3.63) is 24.5 Å². The minimum absolute atomic E-state index is 0.423. The summed E-state index contributed by atoms with van der Waals surface area (Å²) in [4.78, 5) is 16.2. The number of aromatic amines is 1. The fourth-order valence-corrected chi connectivity index (χ4v) is 2.33. The van der Waals surface area contributed by atoms with Crippen molar-refractivity contribution in [2.24, 2.45) is 0 Å². The van der Waals surface area contributed by atoms with Gasteiger partial charge in [0, 0.05) is 25.4 Å². The van der Waals surface area contributed by atoms with E-state index in [4.69, 9.17) is 14.2 Å². The monoisotopic (exact) mass is 344 g/mol. The van der Waals surface area contributed by atoms with Gasteiger partial charge in [0.2, 0.25) is 5.95 Å². The number of hydrogen-bond donors (Lipinski definition) is 3. The Morgan fingerprint density at radius 2 is 1.92 bits per heavy atom. The van der Waals surface area contributed by atoms with Crippen LogP contribution in [0.4, 0.5) is 17.5 Å². The van der Waals surface area contributed by atoms with Gasteiger partial charge in [-0.15, -0.1) is 0 Å². The van der Waals surface area contributed by atoms with Gasteiger partial charge >= 0.3 is 0 Å². The van der Waals surface area contributed by atoms with Crippen molar-refractivity contribution >= 4 is 28.6 Å². The van der Waals surface area contributed by atoms with Crippen molar-refractivity contribution < 1.29 is 14.2 Å². The summed E-state index contributed by atoms with van der Waals surface area (Å²) in [6.45, 7) is 1.19. The molecule has 3 N–H and O–H groups in total. The minimum Gasteiger partial charge on any atom is -0.493 e. The molecular formula is C16H20N6O3. The number of aromatic nitrogens is 4. The molecule has 0 amide bonds. The SMILES string of the molecule is COCCNc1nc(Nc2ccc(OC)c(OC)c2)nc2nc[nH]c12. The molecule has 0 aliphatic heterocycles. The first-order chi connectivity index (χ1) is 12.2. The van der Waals surface area contributed by atoms with E-state index in [-0.39, 0.29) is 0 Å². The van der Waals surface area contributed by atoms with E-state index in [9.17, 15) is 0 Å². The summed E-state index contributed by atoms with van der Waals surface area (Å²) in [7, 11) is 4.83. The zero-order valence-corrected chi connectivity index (χ0v) is 14.3. The van der Waals surface area contributed by atoms with E-state index in [1.165, 1.54) is 0 Å². The van der Waals surface area contributed by atoms with Gasteiger partial charge in [0.05, 0.1) is 27.2 Å². The van der Waals surface area contributed by atoms with Crippen LogP contribution in [-0.4, -0.2) is 54.4 Å². The van der Waals surface area contributed by atoms with Crippen molar-refractivity contribution in [3.63, 3.8) is 0 Å². The maximum absolute atomic E-state index is 5.31. The molecule has 9 nitrogen and oxygen atoms in total. The average molecular weight is 344 g/mol. The summed E-state index contributed by atoms with van der Waals surface area (Å²) >= 11 is 0. The van der Waals surface area contributed by atoms with Crippen molar-refractivity contribution in [3.8, 4) is 11.5 Å². The van der Waals surface area contributed by atoms with Gasteiger partial charge in [0.1, 0.15) is 5.52 Å². The molecule has 0 fully saturated rings. The number of anilines is 3. The molecule has 0 saturated carbocycles. The lowest BCUT2D eigenvalue weighted by molar-refractivity contribution is 0.210. The van der Waals surface area contributed by atoms with Gasteiger partial charge < -0.3 is 29.8 Å². The predicted molar refractivity (Wildman–Crippen MR) is 94.9 cm³/mol. The average Bonchev–Trinajstić information content (AvgIpc) is 3.10. The predicted octanol–water partition coefficient (Wildman–Crippen LogP) is 2.17. The normalized spacial score (nSPS) is 10.7. The van der Waals surface area contributed by atoms with E-state index in [1.54, 1.807) is 27.7 Å². The number of H-pyrrole nitrogens is 1. The van der Waals surface area contributed by atoms with Crippen LogP contribution < -0.4 is 20.1 Å². The molecule has 3 rings (SSSR count). The molecule has 0 saturated heterocycles. The lowest BCUT2D eigenvalue weighted by Crippen LogP contribution is -2.10. The Kier molecular flexibility index (Phi) is 5.14. The van der Waals surface area contributed by atoms with Crippen LogP contribution in [0.2, 0.25) is 0 Å². The third kappa shape index (κ3) is 3.72. The summed E-state index contributed by atoms with van der Waals surface area (Å²) in [6, 6.07) is 5.48. The number of ether oxygens (including phenoxy) is 3. The molecule has 0 aliphatic carbocycles. The Balaban J connectivity index is 1.88. The van der Waals surface area contributed by atoms with Gasteiger partial charge in [-0.3, -0.25) is 0 Å². The number of fused-ring (bicyclic) bond motifs is 1. The Morgan fingerprint density at radius 1 is 1.08 bits per heavy atom. The lowest BCUT2D eigenvalue weighted by atomic mass is 10.3. The number of nitrogens with zero attached hydrogens (tertiary/aromatic N) is 3. The molecule has 0 aliphatic rings. The van der Waals surface area contributed by atoms with Crippen LogP contribution in [0, 0.1) is 0 Å². The van der Waals surface area contributed by atoms with E-state index in [0.717, 1.165) is 11.2 Å². The van der Waals surface area contributed by atoms with Crippen molar-refractivity contribution in [2.75, 3.05) is 45.1 Å². The quantitative estimate of drug-likeness (QED) is 0.534. The van der Waals surface area contributed by atoms with Crippen LogP contribution in [0.3, 0.4) is 0 Å². The molecule has 0 spiro atoms. The van der Waals surface area contributed by atoms with Gasteiger partial charge in [-0.2, -0.15) is 9.97 Å². The molecule has 3 aromatic rings. The van der Waals surface area contributed by atoms with Gasteiger partial charge in [-0.1, -0.05) is 0 Å². The molecule has 2 heterocycles. The Labute approximate surface area is 144 Å². The second-order valence-corrected chi connectivity index (χ2v) is 5.11. The van der Waals surface area contributed by atoms with E-state index >= 15 is 0 Å². The number of nitrogens with one attached hydrogen (secondary N) is 3. The summed E-state index contributed by atoms with van der Waals surface area (Å²) in [5.74, 6) is 2.35. The Hall–Kier alpha value is -3.07. The van der Waals surface area contributed by atoms with Gasteiger partial charge in [0.25, 0.3) is 0 Å². The van der Waals surface area contributed by atoms with Crippen LogP contribution in [0.25, 0.3) is 11.2 Å². The molecule has 0 bridgehead atoms. The molecule has 1 aromatic carbocycles. The van der Waals surface area contributed by atoms with Crippen LogP contribution in [-0.2, 0) is 4.74 Å². The second kappa shape index (κ2) is 7.67. The topological polar surface area (TPSA) is 106 Å². The highest BCUT2D eigenvalue weighted by Crippen LogP contribution is 2.31. The largest absolute Gasteiger partial charge is 0.493 e. The number of methoxy groups -OCH3 is 3. The number of imidazole rings is 1. The minimum atomic E-state index is 0.423. The standard InChI is InChI=1S/C16H20N6O3/c1-23-7-6-17-14-13-15(19-9-18-13)22-16(21-14)20-10-4-5-11(24-2)12(8-10)25-3/h4-5,8-9H,6-7H2,1-3H3,(H3,17,18,19,20,21,22). The summed E-state index contributed by atoms with van der Waals surface area (Å²) in [6.07, 6.45) is 1.58. The van der Waals surface area contributed by atoms with Gasteiger partial charge in [-0.25, -0.2) is 4.98 Å². The number of rotatable bonds is 8. The zero-order chi connectivity index (χ0) is 17.6. The maximum atomic E-state index is 5.31. The first-order valence-electron chi connectivity index (χ1n) is 7.68. The van der Waals surface area contributed by atoms with Crippen molar-refractivity contribution in [1.29, 1.82) is 0 Å². The smallest absolute Gasteiger partial charge is 0.231 e. The van der Waals surface area contributed by atoms with E-state index in [0.29, 0.717) is 42.1 Å². The molecular weight excluding hydrogens is 324 g/mol. The molecule has 2 aromatic heterocycles. The molecule has 9 heteroatoms. The third-order valence-corrected chi connectivity index (χ3v) is 3.52. The summed E-state index contributed by atoms with van der Waals surface area (Å²) in [5.41, 5.74) is 2.09. The lowest BCUT2D eigenvalue weighted by Gasteiger charge is -2.12. The highest BCUT2D eigenvalue weighted by atomic mass is 16.5. The number of hydrogen-bond acceptors (Lipinski definition) is 8. The zero-order valence-electron chi connectivity index (χ0n) is 14.3. The van der Waals surface area contributed by atoms with Crippen LogP contribution >= 0.6 is 0 Å². The van der Waals surface area contributed by atoms with Crippen molar-refractivity contribution in [2.45, 2.75) is 0 Å². The Bertz CT molecular complexity index is 851. The molecule has 0 radical (unpaired) electrons. The van der Waals surface area contributed by atoms with Gasteiger partial charge in [0.15, 0.2) is 23.0 Å². The van der Waals surface area contributed by atoms with E-state index < -0.39 is 0 Å². The van der Waals surface area contributed by atoms with Crippen LogP contribution in [0.1, 0.15) is 0 Å². The fraction of sp³-hybridized carbons (Fsp3) is 0.312. The first kappa shape index (κ1) is 16.8. The second-order valence-electron chi connectivity index (χ2n) is 5.11. The fourth-order valence-electron chi connectivity index (χ4n) is 2.33. The molecule has 25 heavy (non-hydrogen) atoms. The van der Waals surface area contributed by atoms with E-state index in [2.05, 4.69) is 30.6 Å². The molecule has 132 valence electrons. The third-order valence-electron chi connectivity index (χ3n) is 3.52. The van der Waals surface area contributed by atoms with Crippen LogP contribution in [0.5, 0.6) is 11.5 Å². The molecule has 0 unspecified atom stereocenters. The number of benzene rings is 1. The highest BCUT2D eigenvalue weighted by molar-refractivity contribution is 5.84. The summed E-state index contributed by atoms with van der Waals surface area (Å²) < 4.78 is 15.6.